The topological polar surface area (TPSA) is 59.5 Å². The van der Waals surface area contributed by atoms with E-state index in [4.69, 9.17) is 4.74 Å². The van der Waals surface area contributed by atoms with Crippen LogP contribution in [0.15, 0.2) is 24.4 Å². The first-order valence-electron chi connectivity index (χ1n) is 8.51. The molecule has 1 amide bonds. The molecule has 1 fully saturated rings. The van der Waals surface area contributed by atoms with Gasteiger partial charge in [-0.15, -0.1) is 0 Å². The van der Waals surface area contributed by atoms with Crippen molar-refractivity contribution in [1.82, 2.24) is 9.88 Å². The van der Waals surface area contributed by atoms with Gasteiger partial charge in [-0.2, -0.15) is 0 Å². The Morgan fingerprint density at radius 1 is 1.35 bits per heavy atom. The van der Waals surface area contributed by atoms with Gasteiger partial charge in [0.25, 0.3) is 0 Å². The summed E-state index contributed by atoms with van der Waals surface area (Å²) >= 11 is 0. The van der Waals surface area contributed by atoms with Crippen molar-refractivity contribution in [3.8, 4) is 0 Å². The van der Waals surface area contributed by atoms with E-state index in [0.717, 1.165) is 18.5 Å². The fourth-order valence-electron chi connectivity index (χ4n) is 3.41. The summed E-state index contributed by atoms with van der Waals surface area (Å²) in [5.41, 5.74) is 0.142. The number of nitrogens with zero attached hydrogens (tertiary/aromatic N) is 2. The average molecular weight is 318 g/mol. The summed E-state index contributed by atoms with van der Waals surface area (Å²) in [7, 11) is 0. The van der Waals surface area contributed by atoms with Crippen molar-refractivity contribution >= 4 is 11.9 Å². The van der Waals surface area contributed by atoms with Crippen molar-refractivity contribution in [2.24, 2.45) is 0 Å². The van der Waals surface area contributed by atoms with Gasteiger partial charge < -0.3 is 9.64 Å². The molecule has 23 heavy (non-hydrogen) atoms. The predicted molar refractivity (Wildman–Crippen MR) is 87.8 cm³/mol. The van der Waals surface area contributed by atoms with E-state index in [2.05, 4.69) is 4.98 Å². The lowest BCUT2D eigenvalue weighted by Gasteiger charge is -2.36. The summed E-state index contributed by atoms with van der Waals surface area (Å²) in [6, 6.07) is 5.70. The molecule has 1 aromatic heterocycles. The Labute approximate surface area is 138 Å². The van der Waals surface area contributed by atoms with Crippen molar-refractivity contribution in [3.05, 3.63) is 30.1 Å². The molecule has 5 heteroatoms. The highest BCUT2D eigenvalue weighted by Gasteiger charge is 2.49. The molecule has 5 nitrogen and oxygen atoms in total. The van der Waals surface area contributed by atoms with Crippen LogP contribution in [-0.2, 0) is 20.7 Å². The van der Waals surface area contributed by atoms with E-state index >= 15 is 0 Å². The van der Waals surface area contributed by atoms with Crippen LogP contribution in [-0.4, -0.2) is 40.5 Å². The van der Waals surface area contributed by atoms with Gasteiger partial charge in [-0.3, -0.25) is 9.78 Å². The van der Waals surface area contributed by atoms with Crippen molar-refractivity contribution in [2.75, 3.05) is 13.2 Å². The van der Waals surface area contributed by atoms with E-state index in [1.165, 1.54) is 0 Å². The summed E-state index contributed by atoms with van der Waals surface area (Å²) in [6.45, 7) is 4.83. The van der Waals surface area contributed by atoms with E-state index in [0.29, 0.717) is 38.8 Å². The fourth-order valence-corrected chi connectivity index (χ4v) is 3.41. The third-order valence-corrected chi connectivity index (χ3v) is 4.43. The zero-order valence-corrected chi connectivity index (χ0v) is 14.1. The van der Waals surface area contributed by atoms with Crippen LogP contribution in [0.3, 0.4) is 0 Å². The lowest BCUT2D eigenvalue weighted by molar-refractivity contribution is -0.162. The molecule has 2 rings (SSSR count). The number of rotatable bonds is 7. The van der Waals surface area contributed by atoms with E-state index in [1.54, 1.807) is 18.0 Å². The summed E-state index contributed by atoms with van der Waals surface area (Å²) in [6.07, 6.45) is 5.78. The van der Waals surface area contributed by atoms with Crippen molar-refractivity contribution in [2.45, 2.75) is 57.9 Å². The van der Waals surface area contributed by atoms with Gasteiger partial charge in [-0.05, 0) is 44.7 Å². The zero-order valence-electron chi connectivity index (χ0n) is 14.1. The second kappa shape index (κ2) is 8.09. The first kappa shape index (κ1) is 17.4. The maximum absolute atomic E-state index is 12.7. The highest BCUT2D eigenvalue weighted by Crippen LogP contribution is 2.35. The number of hydrogen-bond donors (Lipinski definition) is 0. The maximum atomic E-state index is 12.7. The summed E-state index contributed by atoms with van der Waals surface area (Å²) in [5.74, 6) is -0.222. The van der Waals surface area contributed by atoms with Gasteiger partial charge in [0.2, 0.25) is 5.91 Å². The van der Waals surface area contributed by atoms with Crippen LogP contribution in [0.2, 0.25) is 0 Å². The van der Waals surface area contributed by atoms with Gasteiger partial charge in [0, 0.05) is 24.9 Å². The van der Waals surface area contributed by atoms with Gasteiger partial charge in [0.05, 0.1) is 6.61 Å². The molecule has 1 aliphatic rings. The van der Waals surface area contributed by atoms with Crippen LogP contribution in [0.5, 0.6) is 0 Å². The van der Waals surface area contributed by atoms with E-state index in [1.807, 2.05) is 25.1 Å². The Hall–Kier alpha value is -1.91. The minimum absolute atomic E-state index is 0.0228. The molecule has 0 radical (unpaired) electrons. The number of amides is 1. The maximum Gasteiger partial charge on any atom is 0.332 e. The molecule has 1 aromatic rings. The molecular weight excluding hydrogens is 292 g/mol. The molecule has 1 saturated heterocycles. The van der Waals surface area contributed by atoms with E-state index in [-0.39, 0.29) is 11.9 Å². The second-order valence-electron chi connectivity index (χ2n) is 5.97. The van der Waals surface area contributed by atoms with E-state index in [9.17, 15) is 9.59 Å². The van der Waals surface area contributed by atoms with Gasteiger partial charge in [0.15, 0.2) is 0 Å². The van der Waals surface area contributed by atoms with Gasteiger partial charge in [-0.1, -0.05) is 19.4 Å². The molecule has 0 aromatic carbocycles. The number of aryl methyl sites for hydroxylation is 1. The second-order valence-corrected chi connectivity index (χ2v) is 5.97. The molecule has 1 aliphatic heterocycles. The third kappa shape index (κ3) is 3.89. The van der Waals surface area contributed by atoms with Gasteiger partial charge in [-0.25, -0.2) is 4.79 Å². The lowest BCUT2D eigenvalue weighted by Crippen LogP contribution is -2.53. The van der Waals surface area contributed by atoms with Gasteiger partial charge >= 0.3 is 5.97 Å². The Morgan fingerprint density at radius 3 is 2.83 bits per heavy atom. The third-order valence-electron chi connectivity index (χ3n) is 4.43. The Kier molecular flexibility index (Phi) is 6.13. The summed E-state index contributed by atoms with van der Waals surface area (Å²) in [5, 5.41) is 0. The minimum atomic E-state index is -0.758. The number of aromatic nitrogens is 1. The summed E-state index contributed by atoms with van der Waals surface area (Å²) < 4.78 is 5.28. The van der Waals surface area contributed by atoms with Crippen molar-refractivity contribution in [1.29, 1.82) is 0 Å². The van der Waals surface area contributed by atoms with Crippen LogP contribution in [0, 0.1) is 0 Å². The zero-order chi connectivity index (χ0) is 16.7. The predicted octanol–water partition coefficient (Wildman–Crippen LogP) is 2.74. The van der Waals surface area contributed by atoms with Crippen molar-refractivity contribution < 1.29 is 14.3 Å². The number of esters is 1. The largest absolute Gasteiger partial charge is 0.464 e. The molecule has 126 valence electrons. The molecule has 2 heterocycles. The standard InChI is InChI=1S/C18H26N2O3/c1-3-11-18(17(22)23-4-2)12-7-14-20(18)16(21)10-9-15-8-5-6-13-19-15/h5-6,8,13H,3-4,7,9-12,14H2,1-2H3/t18-/m0/s1. The fraction of sp³-hybridized carbons (Fsp3) is 0.611. The number of carbonyl (C=O) groups is 2. The average Bonchev–Trinajstić information content (AvgIpc) is 2.99. The quantitative estimate of drug-likeness (QED) is 0.725. The molecule has 0 unspecified atom stereocenters. The molecule has 0 bridgehead atoms. The Bertz CT molecular complexity index is 532. The normalized spacial score (nSPS) is 20.5. The summed E-state index contributed by atoms with van der Waals surface area (Å²) in [4.78, 5) is 31.2. The SMILES string of the molecule is CCC[C@@]1(C(=O)OCC)CCCN1C(=O)CCc1ccccn1. The first-order chi connectivity index (χ1) is 11.1. The molecule has 0 saturated carbocycles. The molecule has 0 aliphatic carbocycles. The molecule has 0 spiro atoms. The Morgan fingerprint density at radius 2 is 2.17 bits per heavy atom. The molecular formula is C18H26N2O3. The number of carbonyl (C=O) groups excluding carboxylic acids is 2. The molecule has 0 N–H and O–H groups in total. The van der Waals surface area contributed by atoms with Gasteiger partial charge in [0.1, 0.15) is 5.54 Å². The minimum Gasteiger partial charge on any atom is -0.464 e. The highest BCUT2D eigenvalue weighted by atomic mass is 16.5. The number of hydrogen-bond acceptors (Lipinski definition) is 4. The Balaban J connectivity index is 2.08. The van der Waals surface area contributed by atoms with Crippen LogP contribution in [0.1, 0.15) is 51.6 Å². The van der Waals surface area contributed by atoms with Crippen molar-refractivity contribution in [3.63, 3.8) is 0 Å². The number of ether oxygens (including phenoxy) is 1. The van der Waals surface area contributed by atoms with Crippen LogP contribution in [0.25, 0.3) is 0 Å². The monoisotopic (exact) mass is 318 g/mol. The van der Waals surface area contributed by atoms with Crippen LogP contribution >= 0.6 is 0 Å². The number of pyridine rings is 1. The molecule has 1 atom stereocenters. The lowest BCUT2D eigenvalue weighted by atomic mass is 9.90. The number of likely N-dealkylation sites (tertiary alicyclic amines) is 1. The first-order valence-corrected chi connectivity index (χ1v) is 8.51. The van der Waals surface area contributed by atoms with Crippen LogP contribution < -0.4 is 0 Å². The van der Waals surface area contributed by atoms with E-state index < -0.39 is 5.54 Å². The highest BCUT2D eigenvalue weighted by molar-refractivity contribution is 5.89. The van der Waals surface area contributed by atoms with Crippen LogP contribution in [0.4, 0.5) is 0 Å². The smallest absolute Gasteiger partial charge is 0.332 e.